The van der Waals surface area contributed by atoms with Crippen LogP contribution in [0.1, 0.15) is 69.6 Å². The Morgan fingerprint density at radius 2 is 1.37 bits per heavy atom. The van der Waals surface area contributed by atoms with Gasteiger partial charge in [0.1, 0.15) is 11.5 Å². The lowest BCUT2D eigenvalue weighted by atomic mass is 9.99. The average Bonchev–Trinajstić information content (AvgIpc) is 2.66. The largest absolute Gasteiger partial charge is 0.519 e. The van der Waals surface area contributed by atoms with Crippen molar-refractivity contribution in [2.24, 2.45) is 0 Å². The lowest BCUT2D eigenvalue weighted by Crippen LogP contribution is -2.16. The van der Waals surface area contributed by atoms with Gasteiger partial charge in [-0.1, -0.05) is 76.8 Å². The highest BCUT2D eigenvalue weighted by atomic mass is 16.7. The van der Waals surface area contributed by atoms with E-state index in [-0.39, 0.29) is 0 Å². The van der Waals surface area contributed by atoms with Crippen molar-refractivity contribution in [3.63, 3.8) is 0 Å². The Kier molecular flexibility index (Phi) is 8.90. The Hall–Kier alpha value is -2.29. The van der Waals surface area contributed by atoms with Gasteiger partial charge < -0.3 is 9.47 Å². The molecule has 0 unspecified atom stereocenters. The van der Waals surface area contributed by atoms with Crippen LogP contribution in [-0.4, -0.2) is 6.16 Å². The van der Waals surface area contributed by atoms with E-state index in [1.807, 2.05) is 36.4 Å². The second kappa shape index (κ2) is 11.4. The second-order valence-corrected chi connectivity index (χ2v) is 6.91. The molecule has 0 aliphatic heterocycles. The number of unbranched alkanes of at least 4 members (excludes halogenated alkanes) is 2. The van der Waals surface area contributed by atoms with Crippen LogP contribution in [0.2, 0.25) is 0 Å². The molecule has 0 atom stereocenters. The van der Waals surface area contributed by atoms with Gasteiger partial charge in [0, 0.05) is 0 Å². The molecular weight excluding hydrogens is 336 g/mol. The van der Waals surface area contributed by atoms with Gasteiger partial charge in [0.2, 0.25) is 0 Å². The molecule has 2 aromatic carbocycles. The van der Waals surface area contributed by atoms with Crippen molar-refractivity contribution < 1.29 is 14.3 Å². The van der Waals surface area contributed by atoms with Crippen molar-refractivity contribution >= 4 is 6.16 Å². The molecule has 0 fully saturated rings. The third-order valence-electron chi connectivity index (χ3n) is 4.66. The van der Waals surface area contributed by atoms with Crippen molar-refractivity contribution in [3.8, 4) is 11.5 Å². The number of ether oxygens (including phenoxy) is 2. The highest BCUT2D eigenvalue weighted by Gasteiger charge is 2.15. The summed E-state index contributed by atoms with van der Waals surface area (Å²) in [5, 5.41) is 0. The fourth-order valence-corrected chi connectivity index (χ4v) is 3.32. The zero-order chi connectivity index (χ0) is 19.5. The van der Waals surface area contributed by atoms with Gasteiger partial charge >= 0.3 is 6.16 Å². The lowest BCUT2D eigenvalue weighted by molar-refractivity contribution is 0.151. The highest BCUT2D eigenvalue weighted by Crippen LogP contribution is 2.27. The molecular formula is C24H32O3. The number of para-hydroxylation sites is 1. The summed E-state index contributed by atoms with van der Waals surface area (Å²) in [6.07, 6.45) is 7.62. The van der Waals surface area contributed by atoms with E-state index in [0.717, 1.165) is 49.7 Å². The molecule has 146 valence electrons. The van der Waals surface area contributed by atoms with E-state index in [1.54, 1.807) is 0 Å². The number of carbonyl (C=O) groups is 1. The van der Waals surface area contributed by atoms with Crippen LogP contribution < -0.4 is 9.47 Å². The molecule has 0 aliphatic rings. The van der Waals surface area contributed by atoms with Crippen LogP contribution in [-0.2, 0) is 19.3 Å². The van der Waals surface area contributed by atoms with Gasteiger partial charge in [0.25, 0.3) is 0 Å². The number of rotatable bonds is 10. The molecule has 0 bridgehead atoms. The van der Waals surface area contributed by atoms with E-state index >= 15 is 0 Å². The molecule has 0 spiro atoms. The lowest BCUT2D eigenvalue weighted by Gasteiger charge is -2.15. The molecule has 0 saturated carbocycles. The maximum Gasteiger partial charge on any atom is 0.519 e. The molecule has 0 heterocycles. The number of hydrogen-bond donors (Lipinski definition) is 0. The number of hydrogen-bond acceptors (Lipinski definition) is 3. The van der Waals surface area contributed by atoms with Gasteiger partial charge in [-0.15, -0.1) is 0 Å². The third kappa shape index (κ3) is 6.42. The normalized spacial score (nSPS) is 10.6. The van der Waals surface area contributed by atoms with Gasteiger partial charge in [-0.25, -0.2) is 4.79 Å². The molecule has 0 radical (unpaired) electrons. The predicted octanol–water partition coefficient (Wildman–Crippen LogP) is 6.90. The maximum absolute atomic E-state index is 12.4. The second-order valence-electron chi connectivity index (χ2n) is 6.91. The van der Waals surface area contributed by atoms with Crippen LogP contribution >= 0.6 is 0 Å². The van der Waals surface area contributed by atoms with E-state index in [4.69, 9.17) is 9.47 Å². The highest BCUT2D eigenvalue weighted by molar-refractivity contribution is 5.68. The molecule has 3 heteroatoms. The van der Waals surface area contributed by atoms with Crippen molar-refractivity contribution in [2.45, 2.75) is 72.1 Å². The summed E-state index contributed by atoms with van der Waals surface area (Å²) in [7, 11) is 0. The number of aryl methyl sites for hydroxylation is 2. The molecule has 0 amide bonds. The first-order valence-corrected chi connectivity index (χ1v) is 10.3. The van der Waals surface area contributed by atoms with Crippen molar-refractivity contribution in [1.29, 1.82) is 0 Å². The number of benzene rings is 2. The van der Waals surface area contributed by atoms with Gasteiger partial charge in [0.05, 0.1) is 0 Å². The topological polar surface area (TPSA) is 35.5 Å². The van der Waals surface area contributed by atoms with Crippen LogP contribution in [0, 0.1) is 0 Å². The van der Waals surface area contributed by atoms with Crippen molar-refractivity contribution in [3.05, 3.63) is 59.2 Å². The zero-order valence-corrected chi connectivity index (χ0v) is 16.9. The van der Waals surface area contributed by atoms with E-state index in [2.05, 4.69) is 26.8 Å². The maximum atomic E-state index is 12.4. The standard InChI is InChI=1S/C24H32O3/c1-4-7-8-14-20-15-9-10-17-22(20)26-24(25)27-23-18-11-16-19(12-5-2)21(23)13-6-3/h9-11,15-18H,4-8,12-14H2,1-3H3. The smallest absolute Gasteiger partial charge is 0.394 e. The molecule has 0 aliphatic carbocycles. The fraction of sp³-hybridized carbons (Fsp3) is 0.458. The SMILES string of the molecule is CCCCCc1ccccc1OC(=O)Oc1cccc(CCC)c1CCC. The summed E-state index contributed by atoms with van der Waals surface area (Å²) in [6.45, 7) is 6.48. The van der Waals surface area contributed by atoms with Crippen molar-refractivity contribution in [2.75, 3.05) is 0 Å². The van der Waals surface area contributed by atoms with Crippen LogP contribution in [0.25, 0.3) is 0 Å². The Labute approximate surface area is 163 Å². The summed E-state index contributed by atoms with van der Waals surface area (Å²) >= 11 is 0. The van der Waals surface area contributed by atoms with Gasteiger partial charge in [-0.3, -0.25) is 0 Å². The Bertz CT molecular complexity index is 721. The summed E-state index contributed by atoms with van der Waals surface area (Å²) in [6, 6.07) is 13.6. The molecule has 0 saturated heterocycles. The third-order valence-corrected chi connectivity index (χ3v) is 4.66. The van der Waals surface area contributed by atoms with Gasteiger partial charge in [-0.2, -0.15) is 0 Å². The van der Waals surface area contributed by atoms with Gasteiger partial charge in [0.15, 0.2) is 0 Å². The minimum atomic E-state index is -0.663. The molecule has 0 N–H and O–H groups in total. The molecule has 3 nitrogen and oxygen atoms in total. The molecule has 0 aromatic heterocycles. The van der Waals surface area contributed by atoms with E-state index in [9.17, 15) is 4.79 Å². The van der Waals surface area contributed by atoms with Crippen molar-refractivity contribution in [1.82, 2.24) is 0 Å². The Morgan fingerprint density at radius 1 is 0.704 bits per heavy atom. The molecule has 27 heavy (non-hydrogen) atoms. The van der Waals surface area contributed by atoms with Crippen LogP contribution in [0.15, 0.2) is 42.5 Å². The van der Waals surface area contributed by atoms with E-state index in [0.29, 0.717) is 11.5 Å². The quantitative estimate of drug-likeness (QED) is 0.260. The zero-order valence-electron chi connectivity index (χ0n) is 16.9. The monoisotopic (exact) mass is 368 g/mol. The summed E-state index contributed by atoms with van der Waals surface area (Å²) in [5.41, 5.74) is 3.43. The molecule has 2 aromatic rings. The van der Waals surface area contributed by atoms with E-state index in [1.165, 1.54) is 18.4 Å². The van der Waals surface area contributed by atoms with Gasteiger partial charge in [-0.05, 0) is 54.5 Å². The minimum Gasteiger partial charge on any atom is -0.394 e. The first kappa shape index (κ1) is 21.0. The first-order valence-electron chi connectivity index (χ1n) is 10.3. The Balaban J connectivity index is 2.11. The van der Waals surface area contributed by atoms with Crippen LogP contribution in [0.3, 0.4) is 0 Å². The van der Waals surface area contributed by atoms with Crippen LogP contribution in [0.4, 0.5) is 4.79 Å². The summed E-state index contributed by atoms with van der Waals surface area (Å²) in [5.74, 6) is 1.22. The number of carbonyl (C=O) groups excluding carboxylic acids is 1. The average molecular weight is 369 g/mol. The summed E-state index contributed by atoms with van der Waals surface area (Å²) < 4.78 is 11.2. The minimum absolute atomic E-state index is 0.598. The van der Waals surface area contributed by atoms with E-state index < -0.39 is 6.16 Å². The predicted molar refractivity (Wildman–Crippen MR) is 111 cm³/mol. The fourth-order valence-electron chi connectivity index (χ4n) is 3.32. The van der Waals surface area contributed by atoms with Crippen LogP contribution in [0.5, 0.6) is 11.5 Å². The summed E-state index contributed by atoms with van der Waals surface area (Å²) in [4.78, 5) is 12.4. The Morgan fingerprint density at radius 3 is 2.11 bits per heavy atom. The first-order chi connectivity index (χ1) is 13.2. The molecule has 2 rings (SSSR count).